The second-order valence-corrected chi connectivity index (χ2v) is 7.80. The molecule has 0 unspecified atom stereocenters. The topological polar surface area (TPSA) is 3.24 Å². The fourth-order valence-corrected chi connectivity index (χ4v) is 2.94. The molecule has 0 saturated carbocycles. The van der Waals surface area contributed by atoms with Crippen molar-refractivity contribution in [3.05, 3.63) is 11.6 Å². The van der Waals surface area contributed by atoms with Gasteiger partial charge in [-0.15, -0.1) is 0 Å². The highest BCUT2D eigenvalue weighted by Gasteiger charge is 2.38. The first kappa shape index (κ1) is 13.8. The van der Waals surface area contributed by atoms with E-state index >= 15 is 0 Å². The maximum atomic E-state index is 2.57. The van der Waals surface area contributed by atoms with E-state index in [1.165, 1.54) is 6.54 Å². The molecule has 1 heterocycles. The molecular formula is C15H29N. The van der Waals surface area contributed by atoms with Gasteiger partial charge < -0.3 is 0 Å². The lowest BCUT2D eigenvalue weighted by Crippen LogP contribution is -2.50. The summed E-state index contributed by atoms with van der Waals surface area (Å²) in [5, 5.41) is 0. The van der Waals surface area contributed by atoms with Gasteiger partial charge in [-0.1, -0.05) is 46.3 Å². The Morgan fingerprint density at radius 1 is 1.06 bits per heavy atom. The van der Waals surface area contributed by atoms with Crippen LogP contribution in [0.3, 0.4) is 0 Å². The Morgan fingerprint density at radius 2 is 1.56 bits per heavy atom. The first-order valence-electron chi connectivity index (χ1n) is 6.41. The lowest BCUT2D eigenvalue weighted by atomic mass is 9.68. The predicted octanol–water partition coefficient (Wildman–Crippen LogP) is 4.10. The summed E-state index contributed by atoms with van der Waals surface area (Å²) >= 11 is 0. The van der Waals surface area contributed by atoms with Gasteiger partial charge in [0.25, 0.3) is 0 Å². The van der Waals surface area contributed by atoms with Gasteiger partial charge in [0.05, 0.1) is 0 Å². The third-order valence-electron chi connectivity index (χ3n) is 3.59. The predicted molar refractivity (Wildman–Crippen MR) is 72.6 cm³/mol. The van der Waals surface area contributed by atoms with E-state index in [1.54, 1.807) is 5.57 Å². The number of hydrogen-bond acceptors (Lipinski definition) is 1. The highest BCUT2D eigenvalue weighted by molar-refractivity contribution is 5.23. The number of rotatable bonds is 0. The van der Waals surface area contributed by atoms with Crippen LogP contribution in [0.2, 0.25) is 0 Å². The van der Waals surface area contributed by atoms with Crippen LogP contribution in [0.15, 0.2) is 11.6 Å². The first-order chi connectivity index (χ1) is 6.94. The zero-order valence-corrected chi connectivity index (χ0v) is 12.4. The summed E-state index contributed by atoms with van der Waals surface area (Å²) < 4.78 is 0. The summed E-state index contributed by atoms with van der Waals surface area (Å²) in [6.45, 7) is 20.9. The molecule has 0 aromatic heterocycles. The van der Waals surface area contributed by atoms with E-state index in [-0.39, 0.29) is 5.54 Å². The fraction of sp³-hybridized carbons (Fsp3) is 0.867. The highest BCUT2D eigenvalue weighted by atomic mass is 15.2. The second kappa shape index (κ2) is 3.87. The van der Waals surface area contributed by atoms with Crippen LogP contribution >= 0.6 is 0 Å². The lowest BCUT2D eigenvalue weighted by Gasteiger charge is -2.48. The Balaban J connectivity index is 2.99. The lowest BCUT2D eigenvalue weighted by molar-refractivity contribution is 0.0894. The molecule has 0 radical (unpaired) electrons. The molecule has 0 amide bonds. The molecule has 1 nitrogen and oxygen atoms in total. The minimum atomic E-state index is 0.275. The molecule has 1 aliphatic heterocycles. The first-order valence-corrected chi connectivity index (χ1v) is 6.41. The van der Waals surface area contributed by atoms with Gasteiger partial charge in [-0.2, -0.15) is 0 Å². The van der Waals surface area contributed by atoms with Gasteiger partial charge in [-0.3, -0.25) is 4.90 Å². The molecule has 0 atom stereocenters. The van der Waals surface area contributed by atoms with Crippen molar-refractivity contribution >= 4 is 0 Å². The maximum absolute atomic E-state index is 2.57. The van der Waals surface area contributed by atoms with Crippen LogP contribution in [0.25, 0.3) is 0 Å². The van der Waals surface area contributed by atoms with Crippen LogP contribution in [0.1, 0.15) is 55.4 Å². The molecule has 1 rings (SSSR count). The van der Waals surface area contributed by atoms with Crippen molar-refractivity contribution in [2.24, 2.45) is 10.8 Å². The van der Waals surface area contributed by atoms with E-state index in [0.717, 1.165) is 6.54 Å². The van der Waals surface area contributed by atoms with E-state index < -0.39 is 0 Å². The summed E-state index contributed by atoms with van der Waals surface area (Å²) in [4.78, 5) is 2.57. The van der Waals surface area contributed by atoms with Crippen LogP contribution in [0.4, 0.5) is 0 Å². The molecule has 0 aliphatic carbocycles. The van der Waals surface area contributed by atoms with Gasteiger partial charge in [0.1, 0.15) is 0 Å². The molecule has 0 saturated heterocycles. The smallest absolute Gasteiger partial charge is 0.0171 e. The van der Waals surface area contributed by atoms with Crippen LogP contribution in [0.5, 0.6) is 0 Å². The van der Waals surface area contributed by atoms with E-state index in [0.29, 0.717) is 10.8 Å². The summed E-state index contributed by atoms with van der Waals surface area (Å²) in [5.74, 6) is 0. The monoisotopic (exact) mass is 223 g/mol. The number of hydrogen-bond donors (Lipinski definition) is 0. The Bertz CT molecular complexity index is 284. The molecule has 0 bridgehead atoms. The third kappa shape index (κ3) is 2.88. The molecule has 0 N–H and O–H groups in total. The Kier molecular flexibility index (Phi) is 3.33. The molecule has 0 aromatic rings. The normalized spacial score (nSPS) is 23.1. The third-order valence-corrected chi connectivity index (χ3v) is 3.59. The average molecular weight is 223 g/mol. The van der Waals surface area contributed by atoms with E-state index in [9.17, 15) is 0 Å². The molecule has 94 valence electrons. The zero-order valence-electron chi connectivity index (χ0n) is 12.4. The fourth-order valence-electron chi connectivity index (χ4n) is 2.94. The van der Waals surface area contributed by atoms with Crippen molar-refractivity contribution in [3.8, 4) is 0 Å². The van der Waals surface area contributed by atoms with E-state index in [1.807, 2.05) is 0 Å². The van der Waals surface area contributed by atoms with Crippen molar-refractivity contribution in [2.75, 3.05) is 13.1 Å². The van der Waals surface area contributed by atoms with Crippen LogP contribution in [0, 0.1) is 10.8 Å². The quantitative estimate of drug-likeness (QED) is 0.559. The molecular weight excluding hydrogens is 194 g/mol. The Morgan fingerprint density at radius 3 is 1.88 bits per heavy atom. The number of nitrogens with zero attached hydrogens (tertiary/aromatic N) is 1. The minimum absolute atomic E-state index is 0.275. The minimum Gasteiger partial charge on any atom is -0.294 e. The molecule has 0 fully saturated rings. The summed E-state index contributed by atoms with van der Waals surface area (Å²) in [6.07, 6.45) is 2.45. The molecule has 16 heavy (non-hydrogen) atoms. The van der Waals surface area contributed by atoms with Crippen LogP contribution in [-0.4, -0.2) is 23.5 Å². The van der Waals surface area contributed by atoms with Gasteiger partial charge in [0, 0.05) is 18.6 Å². The zero-order chi connectivity index (χ0) is 12.8. The van der Waals surface area contributed by atoms with Crippen molar-refractivity contribution < 1.29 is 0 Å². The van der Waals surface area contributed by atoms with Gasteiger partial charge in [0.15, 0.2) is 0 Å². The van der Waals surface area contributed by atoms with Crippen LogP contribution < -0.4 is 0 Å². The average Bonchev–Trinajstić information content (AvgIpc) is 1.97. The van der Waals surface area contributed by atoms with E-state index in [2.05, 4.69) is 66.4 Å². The van der Waals surface area contributed by atoms with Gasteiger partial charge in [-0.05, 0) is 31.6 Å². The molecule has 0 aromatic carbocycles. The molecule has 0 spiro atoms. The SMILES string of the molecule is CC(C)(C)C1=CCN(C(C)(C)C)CC1(C)C. The van der Waals surface area contributed by atoms with Gasteiger partial charge >= 0.3 is 0 Å². The summed E-state index contributed by atoms with van der Waals surface area (Å²) in [6, 6.07) is 0. The van der Waals surface area contributed by atoms with Crippen molar-refractivity contribution in [1.82, 2.24) is 4.90 Å². The van der Waals surface area contributed by atoms with E-state index in [4.69, 9.17) is 0 Å². The summed E-state index contributed by atoms with van der Waals surface area (Å²) in [5.41, 5.74) is 2.48. The Hall–Kier alpha value is -0.300. The largest absolute Gasteiger partial charge is 0.294 e. The van der Waals surface area contributed by atoms with Crippen LogP contribution in [-0.2, 0) is 0 Å². The maximum Gasteiger partial charge on any atom is 0.0171 e. The van der Waals surface area contributed by atoms with Crippen molar-refractivity contribution in [2.45, 2.75) is 60.9 Å². The van der Waals surface area contributed by atoms with Gasteiger partial charge in [-0.25, -0.2) is 0 Å². The summed E-state index contributed by atoms with van der Waals surface area (Å²) in [7, 11) is 0. The molecule has 1 aliphatic rings. The van der Waals surface area contributed by atoms with Crippen molar-refractivity contribution in [3.63, 3.8) is 0 Å². The molecule has 1 heteroatoms. The van der Waals surface area contributed by atoms with Crippen molar-refractivity contribution in [1.29, 1.82) is 0 Å². The second-order valence-electron chi connectivity index (χ2n) is 7.80. The standard InChI is InChI=1S/C15H29N/c1-13(2,3)12-9-10-16(14(4,5)6)11-15(12,7)8/h9H,10-11H2,1-8H3. The van der Waals surface area contributed by atoms with Gasteiger partial charge in [0.2, 0.25) is 0 Å². The highest BCUT2D eigenvalue weighted by Crippen LogP contribution is 2.43. The Labute approximate surface area is 102 Å².